The van der Waals surface area contributed by atoms with Crippen molar-refractivity contribution in [3.63, 3.8) is 0 Å². The number of carbonyl (C=O) groups is 2. The molecule has 3 aliphatic heterocycles. The van der Waals surface area contributed by atoms with Crippen LogP contribution in [-0.4, -0.2) is 40.6 Å². The van der Waals surface area contributed by atoms with E-state index in [4.69, 9.17) is 4.74 Å². The van der Waals surface area contributed by atoms with Crippen LogP contribution < -0.4 is 56.5 Å². The van der Waals surface area contributed by atoms with Gasteiger partial charge in [-0.05, 0) is 0 Å². The topological polar surface area (TPSA) is 73.0 Å². The van der Waals surface area contributed by atoms with Gasteiger partial charge in [-0.15, -0.1) is 11.8 Å². The standard InChI is InChI=1S/C9H9NO4S2.K/c11-5-1-6-10(5)7(8(12)13)9(16-6)15-3-4-2-14-4;/h4,6H,1-3H2,(H,12,13);/q;+1/p-1. The Hall–Kier alpha value is 0.976. The van der Waals surface area contributed by atoms with Crippen LogP contribution in [0.25, 0.3) is 0 Å². The molecule has 2 fully saturated rings. The average Bonchev–Trinajstić information content (AvgIpc) is 2.98. The number of carboxylic acids is 1. The summed E-state index contributed by atoms with van der Waals surface area (Å²) in [7, 11) is 0. The molecular formula is C9H8KNO4S2. The second-order valence-electron chi connectivity index (χ2n) is 3.73. The summed E-state index contributed by atoms with van der Waals surface area (Å²) in [5.41, 5.74) is 0.0527. The summed E-state index contributed by atoms with van der Waals surface area (Å²) in [6, 6.07) is 0. The predicted molar refractivity (Wildman–Crippen MR) is 57.1 cm³/mol. The quantitative estimate of drug-likeness (QED) is 0.303. The van der Waals surface area contributed by atoms with E-state index in [2.05, 4.69) is 0 Å². The number of fused-ring (bicyclic) bond motifs is 1. The molecule has 0 aromatic carbocycles. The zero-order chi connectivity index (χ0) is 11.3. The first kappa shape index (κ1) is 14.4. The van der Waals surface area contributed by atoms with E-state index in [9.17, 15) is 14.7 Å². The SMILES string of the molecule is O=C([O-])C1=C(SCC2CO2)SC2CC(=O)N12.[K+]. The van der Waals surface area contributed by atoms with E-state index in [0.717, 1.165) is 12.4 Å². The molecule has 2 saturated heterocycles. The van der Waals surface area contributed by atoms with Gasteiger partial charge in [0.2, 0.25) is 5.91 Å². The minimum atomic E-state index is -1.26. The van der Waals surface area contributed by atoms with Crippen molar-refractivity contribution >= 4 is 35.4 Å². The van der Waals surface area contributed by atoms with E-state index in [0.29, 0.717) is 10.7 Å². The van der Waals surface area contributed by atoms with E-state index in [1.807, 2.05) is 0 Å². The number of nitrogens with zero attached hydrogens (tertiary/aromatic N) is 1. The molecule has 3 aliphatic rings. The summed E-state index contributed by atoms with van der Waals surface area (Å²) in [5.74, 6) is -0.648. The third-order valence-corrected chi connectivity index (χ3v) is 5.27. The number of carbonyl (C=O) groups excluding carboxylic acids is 2. The maximum Gasteiger partial charge on any atom is 1.00 e. The first-order valence-corrected chi connectivity index (χ1v) is 6.72. The van der Waals surface area contributed by atoms with Crippen LogP contribution in [0.2, 0.25) is 0 Å². The molecule has 0 aliphatic carbocycles. The predicted octanol–water partition coefficient (Wildman–Crippen LogP) is -3.65. The number of carboxylic acid groups (broad SMARTS) is 1. The molecule has 0 radical (unpaired) electrons. The van der Waals surface area contributed by atoms with Gasteiger partial charge in [-0.3, -0.25) is 9.69 Å². The Balaban J connectivity index is 0.00000108. The van der Waals surface area contributed by atoms with Gasteiger partial charge in [0.15, 0.2) is 0 Å². The summed E-state index contributed by atoms with van der Waals surface area (Å²) in [5, 5.41) is 11.0. The minimum Gasteiger partial charge on any atom is -0.543 e. The number of β-lactam (4-membered cyclic amide) rings is 1. The number of epoxide rings is 1. The van der Waals surface area contributed by atoms with Crippen molar-refractivity contribution in [3.05, 3.63) is 9.93 Å². The van der Waals surface area contributed by atoms with Crippen LogP contribution in [0.1, 0.15) is 6.42 Å². The van der Waals surface area contributed by atoms with Crippen molar-refractivity contribution in [2.75, 3.05) is 12.4 Å². The van der Waals surface area contributed by atoms with Gasteiger partial charge in [-0.2, -0.15) is 0 Å². The Kier molecular flexibility index (Phi) is 4.69. The minimum absolute atomic E-state index is 0. The van der Waals surface area contributed by atoms with Crippen molar-refractivity contribution in [2.45, 2.75) is 17.9 Å². The molecular weight excluding hydrogens is 289 g/mol. The van der Waals surface area contributed by atoms with Gasteiger partial charge >= 0.3 is 51.4 Å². The van der Waals surface area contributed by atoms with Crippen LogP contribution in [0.3, 0.4) is 0 Å². The molecule has 0 N–H and O–H groups in total. The van der Waals surface area contributed by atoms with Crippen molar-refractivity contribution in [1.29, 1.82) is 0 Å². The molecule has 0 spiro atoms. The Morgan fingerprint density at radius 3 is 2.88 bits per heavy atom. The Morgan fingerprint density at radius 2 is 2.35 bits per heavy atom. The van der Waals surface area contributed by atoms with E-state index in [1.54, 1.807) is 0 Å². The Morgan fingerprint density at radius 1 is 1.65 bits per heavy atom. The van der Waals surface area contributed by atoms with E-state index in [1.165, 1.54) is 28.4 Å². The monoisotopic (exact) mass is 297 g/mol. The number of thioether (sulfide) groups is 2. The smallest absolute Gasteiger partial charge is 0.543 e. The summed E-state index contributed by atoms with van der Waals surface area (Å²) in [6.45, 7) is 0.748. The van der Waals surface area contributed by atoms with Gasteiger partial charge in [0, 0.05) is 5.75 Å². The molecule has 8 heteroatoms. The van der Waals surface area contributed by atoms with Crippen LogP contribution in [0.4, 0.5) is 0 Å². The van der Waals surface area contributed by atoms with E-state index in [-0.39, 0.29) is 74.5 Å². The molecule has 0 saturated carbocycles. The maximum absolute atomic E-state index is 11.3. The number of amides is 1. The van der Waals surface area contributed by atoms with Crippen molar-refractivity contribution in [1.82, 2.24) is 4.90 Å². The Labute approximate surface area is 149 Å². The van der Waals surface area contributed by atoms with Crippen LogP contribution in [-0.2, 0) is 14.3 Å². The average molecular weight is 297 g/mol. The van der Waals surface area contributed by atoms with Crippen molar-refractivity contribution < 1.29 is 70.8 Å². The normalized spacial score (nSPS) is 29.6. The molecule has 2 atom stereocenters. The van der Waals surface area contributed by atoms with Crippen LogP contribution in [0.15, 0.2) is 9.93 Å². The molecule has 0 aromatic rings. The number of aliphatic carboxylic acids is 1. The largest absolute Gasteiger partial charge is 1.00 e. The number of ether oxygens (including phenoxy) is 1. The van der Waals surface area contributed by atoms with Gasteiger partial charge in [0.1, 0.15) is 0 Å². The zero-order valence-electron chi connectivity index (χ0n) is 9.17. The van der Waals surface area contributed by atoms with E-state index >= 15 is 0 Å². The third kappa shape index (κ3) is 2.78. The zero-order valence-corrected chi connectivity index (χ0v) is 13.9. The summed E-state index contributed by atoms with van der Waals surface area (Å²) in [4.78, 5) is 23.6. The van der Waals surface area contributed by atoms with Crippen molar-refractivity contribution in [2.24, 2.45) is 0 Å². The van der Waals surface area contributed by atoms with Gasteiger partial charge in [-0.25, -0.2) is 0 Å². The molecule has 1 amide bonds. The number of rotatable bonds is 4. The fourth-order valence-corrected chi connectivity index (χ4v) is 4.40. The van der Waals surface area contributed by atoms with Gasteiger partial charge in [-0.1, -0.05) is 11.8 Å². The second-order valence-corrected chi connectivity index (χ2v) is 6.21. The molecule has 0 bridgehead atoms. The molecule has 3 rings (SSSR count). The fraction of sp³-hybridized carbons (Fsp3) is 0.556. The fourth-order valence-electron chi connectivity index (χ4n) is 1.64. The first-order chi connectivity index (χ1) is 7.66. The summed E-state index contributed by atoms with van der Waals surface area (Å²) >= 11 is 2.89. The third-order valence-electron chi connectivity index (χ3n) is 2.58. The van der Waals surface area contributed by atoms with Crippen LogP contribution in [0, 0.1) is 0 Å². The molecule has 5 nitrogen and oxygen atoms in total. The second kappa shape index (κ2) is 5.54. The first-order valence-electron chi connectivity index (χ1n) is 4.85. The Bertz CT molecular complexity index is 410. The van der Waals surface area contributed by atoms with Gasteiger partial charge in [0.25, 0.3) is 0 Å². The van der Waals surface area contributed by atoms with Gasteiger partial charge < -0.3 is 14.6 Å². The van der Waals surface area contributed by atoms with Crippen molar-refractivity contribution in [3.8, 4) is 0 Å². The van der Waals surface area contributed by atoms with Crippen LogP contribution in [0.5, 0.6) is 0 Å². The molecule has 2 unspecified atom stereocenters. The number of hydrogen-bond acceptors (Lipinski definition) is 6. The summed E-state index contributed by atoms with van der Waals surface area (Å²) in [6.07, 6.45) is 0.663. The molecule has 3 heterocycles. The molecule has 17 heavy (non-hydrogen) atoms. The van der Waals surface area contributed by atoms with E-state index < -0.39 is 5.97 Å². The molecule has 0 aromatic heterocycles. The van der Waals surface area contributed by atoms with Crippen LogP contribution >= 0.6 is 23.5 Å². The number of hydrogen-bond donors (Lipinski definition) is 0. The summed E-state index contributed by atoms with van der Waals surface area (Å²) < 4.78 is 5.74. The maximum atomic E-state index is 11.3. The van der Waals surface area contributed by atoms with Gasteiger partial charge in [0.05, 0.1) is 40.4 Å². The molecule has 86 valence electrons.